The first-order valence-electron chi connectivity index (χ1n) is 11.9. The smallest absolute Gasteiger partial charge is 0.232 e. The summed E-state index contributed by atoms with van der Waals surface area (Å²) in [4.78, 5) is 13.3. The first-order chi connectivity index (χ1) is 14.8. The molecule has 5 nitrogen and oxygen atoms in total. The summed E-state index contributed by atoms with van der Waals surface area (Å²) in [5.74, 6) is 1.38. The average molecular weight is 414 g/mol. The van der Waals surface area contributed by atoms with Crippen LogP contribution in [0.1, 0.15) is 90.9 Å². The molecule has 2 aromatic heterocycles. The van der Waals surface area contributed by atoms with Crippen LogP contribution in [0.4, 0.5) is 0 Å². The van der Waals surface area contributed by atoms with Gasteiger partial charge in [-0.2, -0.15) is 0 Å². The third-order valence-electron chi connectivity index (χ3n) is 5.14. The molecule has 0 radical (unpaired) electrons. The average Bonchev–Trinajstić information content (AvgIpc) is 2.79. The Kier molecular flexibility index (Phi) is 12.6. The molecule has 5 heteroatoms. The summed E-state index contributed by atoms with van der Waals surface area (Å²) in [5.41, 5.74) is 1.53. The van der Waals surface area contributed by atoms with E-state index in [9.17, 15) is 0 Å². The predicted molar refractivity (Wildman–Crippen MR) is 123 cm³/mol. The molecule has 166 valence electrons. The van der Waals surface area contributed by atoms with Crippen molar-refractivity contribution in [3.63, 3.8) is 0 Å². The van der Waals surface area contributed by atoms with Crippen LogP contribution in [0.5, 0.6) is 11.6 Å². The SMILES string of the molecule is CCCCCCCCOc1ccc(-c2cnc(OCCCCCCCC)cn2)nc1. The summed E-state index contributed by atoms with van der Waals surface area (Å²) in [5, 5.41) is 0. The Labute approximate surface area is 182 Å². The van der Waals surface area contributed by atoms with Crippen LogP contribution >= 0.6 is 0 Å². The van der Waals surface area contributed by atoms with Gasteiger partial charge in [0.05, 0.1) is 37.5 Å². The lowest BCUT2D eigenvalue weighted by atomic mass is 10.1. The summed E-state index contributed by atoms with van der Waals surface area (Å²) in [6, 6.07) is 3.88. The molecule has 30 heavy (non-hydrogen) atoms. The molecule has 0 saturated heterocycles. The van der Waals surface area contributed by atoms with E-state index >= 15 is 0 Å². The minimum Gasteiger partial charge on any atom is -0.492 e. The van der Waals surface area contributed by atoms with Crippen molar-refractivity contribution in [2.45, 2.75) is 90.9 Å². The number of pyridine rings is 1. The first kappa shape index (κ1) is 24.1. The molecule has 0 atom stereocenters. The van der Waals surface area contributed by atoms with E-state index in [-0.39, 0.29) is 0 Å². The highest BCUT2D eigenvalue weighted by atomic mass is 16.5. The summed E-state index contributed by atoms with van der Waals surface area (Å²) in [6.07, 6.45) is 20.2. The van der Waals surface area contributed by atoms with Crippen molar-refractivity contribution in [3.05, 3.63) is 30.7 Å². The van der Waals surface area contributed by atoms with Gasteiger partial charge in [0.25, 0.3) is 0 Å². The van der Waals surface area contributed by atoms with Gasteiger partial charge in [0.2, 0.25) is 5.88 Å². The van der Waals surface area contributed by atoms with Gasteiger partial charge in [-0.3, -0.25) is 4.98 Å². The van der Waals surface area contributed by atoms with Gasteiger partial charge >= 0.3 is 0 Å². The quantitative estimate of drug-likeness (QED) is 0.261. The van der Waals surface area contributed by atoms with Crippen molar-refractivity contribution >= 4 is 0 Å². The zero-order chi connectivity index (χ0) is 21.3. The Balaban J connectivity index is 1.65. The normalized spacial score (nSPS) is 10.9. The maximum absolute atomic E-state index is 5.79. The first-order valence-corrected chi connectivity index (χ1v) is 11.9. The minimum atomic E-state index is 0.575. The predicted octanol–water partition coefficient (Wildman–Crippen LogP) is 7.02. The molecule has 0 unspecified atom stereocenters. The van der Waals surface area contributed by atoms with Crippen molar-refractivity contribution in [1.82, 2.24) is 15.0 Å². The number of ether oxygens (including phenoxy) is 2. The zero-order valence-corrected chi connectivity index (χ0v) is 18.9. The van der Waals surface area contributed by atoms with Crippen LogP contribution in [0, 0.1) is 0 Å². The van der Waals surface area contributed by atoms with E-state index in [1.165, 1.54) is 64.2 Å². The van der Waals surface area contributed by atoms with Crippen molar-refractivity contribution in [2.24, 2.45) is 0 Å². The van der Waals surface area contributed by atoms with Crippen LogP contribution in [0.15, 0.2) is 30.7 Å². The number of hydrogen-bond acceptors (Lipinski definition) is 5. The van der Waals surface area contributed by atoms with Crippen LogP contribution < -0.4 is 9.47 Å². The molecule has 0 aliphatic heterocycles. The monoisotopic (exact) mass is 413 g/mol. The lowest BCUT2D eigenvalue weighted by Crippen LogP contribution is -2.00. The number of unbranched alkanes of at least 4 members (excludes halogenated alkanes) is 10. The molecule has 0 aromatic carbocycles. The lowest BCUT2D eigenvalue weighted by Gasteiger charge is -2.07. The second-order valence-electron chi connectivity index (χ2n) is 7.85. The molecule has 0 saturated carbocycles. The molecule has 0 aliphatic carbocycles. The maximum atomic E-state index is 5.79. The van der Waals surface area contributed by atoms with Gasteiger partial charge in [-0.25, -0.2) is 9.97 Å². The number of rotatable bonds is 17. The van der Waals surface area contributed by atoms with Crippen LogP contribution in [0.2, 0.25) is 0 Å². The topological polar surface area (TPSA) is 57.1 Å². The fourth-order valence-electron chi connectivity index (χ4n) is 3.27. The molecule has 0 spiro atoms. The zero-order valence-electron chi connectivity index (χ0n) is 18.9. The standard InChI is InChI=1S/C25H39N3O2/c1-3-5-7-9-11-13-17-29-22-15-16-23(26-19-22)24-20-28-25(21-27-24)30-18-14-12-10-8-6-4-2/h15-16,19-21H,3-14,17-18H2,1-2H3. The van der Waals surface area contributed by atoms with E-state index in [4.69, 9.17) is 9.47 Å². The van der Waals surface area contributed by atoms with Gasteiger partial charge in [0.1, 0.15) is 11.4 Å². The summed E-state index contributed by atoms with van der Waals surface area (Å²) >= 11 is 0. The van der Waals surface area contributed by atoms with Gasteiger partial charge in [-0.15, -0.1) is 0 Å². The molecular formula is C25H39N3O2. The van der Waals surface area contributed by atoms with E-state index in [0.717, 1.165) is 36.6 Å². The highest BCUT2D eigenvalue weighted by molar-refractivity contribution is 5.53. The Bertz CT molecular complexity index is 600. The lowest BCUT2D eigenvalue weighted by molar-refractivity contribution is 0.292. The van der Waals surface area contributed by atoms with Crippen LogP contribution in [-0.2, 0) is 0 Å². The molecular weight excluding hydrogens is 374 g/mol. The molecule has 0 amide bonds. The highest BCUT2D eigenvalue weighted by Crippen LogP contribution is 2.19. The van der Waals surface area contributed by atoms with Crippen LogP contribution in [0.3, 0.4) is 0 Å². The molecule has 0 N–H and O–H groups in total. The maximum Gasteiger partial charge on any atom is 0.232 e. The Morgan fingerprint density at radius 1 is 0.567 bits per heavy atom. The Hall–Kier alpha value is -2.17. The van der Waals surface area contributed by atoms with E-state index in [2.05, 4.69) is 28.8 Å². The van der Waals surface area contributed by atoms with Crippen molar-refractivity contribution in [1.29, 1.82) is 0 Å². The molecule has 0 bridgehead atoms. The summed E-state index contributed by atoms with van der Waals surface area (Å²) in [7, 11) is 0. The number of hydrogen-bond donors (Lipinski definition) is 0. The molecule has 0 aliphatic rings. The van der Waals surface area contributed by atoms with Gasteiger partial charge in [0, 0.05) is 0 Å². The van der Waals surface area contributed by atoms with E-state index < -0.39 is 0 Å². The van der Waals surface area contributed by atoms with Crippen molar-refractivity contribution in [2.75, 3.05) is 13.2 Å². The van der Waals surface area contributed by atoms with Crippen LogP contribution in [0.25, 0.3) is 11.4 Å². The van der Waals surface area contributed by atoms with Gasteiger partial charge in [0.15, 0.2) is 0 Å². The van der Waals surface area contributed by atoms with Crippen LogP contribution in [-0.4, -0.2) is 28.2 Å². The number of nitrogens with zero attached hydrogens (tertiary/aromatic N) is 3. The van der Waals surface area contributed by atoms with E-state index in [1.54, 1.807) is 18.6 Å². The molecule has 0 fully saturated rings. The van der Waals surface area contributed by atoms with E-state index in [0.29, 0.717) is 12.5 Å². The second-order valence-corrected chi connectivity index (χ2v) is 7.85. The largest absolute Gasteiger partial charge is 0.492 e. The fraction of sp³-hybridized carbons (Fsp3) is 0.640. The fourth-order valence-corrected chi connectivity index (χ4v) is 3.27. The van der Waals surface area contributed by atoms with Gasteiger partial charge in [-0.05, 0) is 25.0 Å². The Morgan fingerprint density at radius 3 is 1.73 bits per heavy atom. The van der Waals surface area contributed by atoms with Crippen molar-refractivity contribution in [3.8, 4) is 23.0 Å². The third kappa shape index (κ3) is 10.0. The third-order valence-corrected chi connectivity index (χ3v) is 5.14. The summed E-state index contributed by atoms with van der Waals surface area (Å²) < 4.78 is 11.5. The van der Waals surface area contributed by atoms with Gasteiger partial charge < -0.3 is 9.47 Å². The molecule has 2 aromatic rings. The van der Waals surface area contributed by atoms with E-state index in [1.807, 2.05) is 12.1 Å². The molecule has 2 rings (SSSR count). The molecule has 2 heterocycles. The Morgan fingerprint density at radius 2 is 1.17 bits per heavy atom. The summed E-state index contributed by atoms with van der Waals surface area (Å²) in [6.45, 7) is 5.92. The van der Waals surface area contributed by atoms with Gasteiger partial charge in [-0.1, -0.05) is 78.1 Å². The second kappa shape index (κ2) is 15.6. The van der Waals surface area contributed by atoms with Crippen molar-refractivity contribution < 1.29 is 9.47 Å². The number of aromatic nitrogens is 3. The highest BCUT2D eigenvalue weighted by Gasteiger charge is 2.04. The minimum absolute atomic E-state index is 0.575.